The number of nitrogens with zero attached hydrogens (tertiary/aromatic N) is 2. The van der Waals surface area contributed by atoms with Crippen LogP contribution in [0.3, 0.4) is 0 Å². The van der Waals surface area contributed by atoms with Crippen LogP contribution >= 0.6 is 11.6 Å². The van der Waals surface area contributed by atoms with Crippen LogP contribution in [0, 0.1) is 5.82 Å². The van der Waals surface area contributed by atoms with Gasteiger partial charge in [-0.3, -0.25) is 14.4 Å². The highest BCUT2D eigenvalue weighted by atomic mass is 35.5. The molecule has 10 heteroatoms. The number of hydrogen-bond donors (Lipinski definition) is 1. The maximum absolute atomic E-state index is 13.2. The summed E-state index contributed by atoms with van der Waals surface area (Å²) in [6.45, 7) is 5.92. The molecule has 7 nitrogen and oxygen atoms in total. The monoisotopic (exact) mass is 509 g/mol. The molecular weight excluding hydrogens is 481 g/mol. The van der Waals surface area contributed by atoms with Gasteiger partial charge in [-0.15, -0.1) is 0 Å². The first-order valence-electron chi connectivity index (χ1n) is 10.8. The van der Waals surface area contributed by atoms with Gasteiger partial charge in [-0.1, -0.05) is 23.7 Å². The molecule has 184 valence electrons. The van der Waals surface area contributed by atoms with E-state index in [4.69, 9.17) is 16.3 Å². The van der Waals surface area contributed by atoms with Crippen molar-refractivity contribution in [3.63, 3.8) is 0 Å². The van der Waals surface area contributed by atoms with E-state index in [9.17, 15) is 17.6 Å². The van der Waals surface area contributed by atoms with Gasteiger partial charge in [0.1, 0.15) is 11.6 Å². The second-order valence-corrected chi connectivity index (χ2v) is 10.7. The van der Waals surface area contributed by atoms with Crippen LogP contribution in [-0.4, -0.2) is 62.7 Å². The molecule has 2 aromatic rings. The Bertz CT molecular complexity index is 1170. The summed E-state index contributed by atoms with van der Waals surface area (Å²) < 4.78 is 44.3. The molecule has 1 amide bonds. The summed E-state index contributed by atoms with van der Waals surface area (Å²) in [4.78, 5) is 17.1. The van der Waals surface area contributed by atoms with Gasteiger partial charge in [0.25, 0.3) is 0 Å². The Labute approximate surface area is 205 Å². The second-order valence-electron chi connectivity index (χ2n) is 8.53. The molecule has 0 saturated carbocycles. The van der Waals surface area contributed by atoms with E-state index in [2.05, 4.69) is 16.5 Å². The van der Waals surface area contributed by atoms with Gasteiger partial charge < -0.3 is 9.64 Å². The number of amides is 1. The van der Waals surface area contributed by atoms with Crippen LogP contribution in [0.4, 0.5) is 10.1 Å². The molecule has 2 atom stereocenters. The number of ether oxygens (including phenoxy) is 1. The molecule has 1 fully saturated rings. The third-order valence-electron chi connectivity index (χ3n) is 5.72. The highest BCUT2D eigenvalue weighted by Gasteiger charge is 2.31. The van der Waals surface area contributed by atoms with Gasteiger partial charge in [0, 0.05) is 43.4 Å². The fraction of sp³-hybridized carbons (Fsp3) is 0.375. The molecule has 1 aliphatic rings. The maximum Gasteiger partial charge on any atom is 0.246 e. The van der Waals surface area contributed by atoms with E-state index in [1.807, 2.05) is 6.92 Å². The Kier molecular flexibility index (Phi) is 8.22. The highest BCUT2D eigenvalue weighted by molar-refractivity contribution is 7.92. The first kappa shape index (κ1) is 26.0. The predicted molar refractivity (Wildman–Crippen MR) is 133 cm³/mol. The minimum absolute atomic E-state index is 0.0397. The molecular formula is C24H29ClFN3O4S. The molecule has 1 unspecified atom stereocenters. The van der Waals surface area contributed by atoms with Crippen molar-refractivity contribution in [1.82, 2.24) is 9.80 Å². The second kappa shape index (κ2) is 10.8. The molecule has 2 aromatic carbocycles. The summed E-state index contributed by atoms with van der Waals surface area (Å²) in [6.07, 6.45) is 4.02. The van der Waals surface area contributed by atoms with Crippen molar-refractivity contribution >= 4 is 39.3 Å². The van der Waals surface area contributed by atoms with Gasteiger partial charge in [0.15, 0.2) is 0 Å². The van der Waals surface area contributed by atoms with Crippen LogP contribution in [-0.2, 0) is 21.4 Å². The summed E-state index contributed by atoms with van der Waals surface area (Å²) in [5.41, 5.74) is 1.72. The van der Waals surface area contributed by atoms with Crippen molar-refractivity contribution in [1.29, 1.82) is 0 Å². The van der Waals surface area contributed by atoms with Gasteiger partial charge in [0.05, 0.1) is 24.1 Å². The fourth-order valence-electron chi connectivity index (χ4n) is 3.96. The molecule has 1 heterocycles. The Morgan fingerprint density at radius 1 is 1.21 bits per heavy atom. The number of sulfonamides is 1. The quantitative estimate of drug-likeness (QED) is 0.571. The predicted octanol–water partition coefficient (Wildman–Crippen LogP) is 3.99. The zero-order chi connectivity index (χ0) is 25.0. The zero-order valence-electron chi connectivity index (χ0n) is 19.6. The minimum atomic E-state index is -3.55. The number of hydrogen-bond acceptors (Lipinski definition) is 5. The molecule has 0 aromatic heterocycles. The lowest BCUT2D eigenvalue weighted by atomic mass is 10.1. The fourth-order valence-corrected chi connectivity index (χ4v) is 4.78. The number of anilines is 1. The number of nitrogens with one attached hydrogen (secondary N) is 1. The number of halogens is 2. The number of benzene rings is 2. The summed E-state index contributed by atoms with van der Waals surface area (Å²) in [7, 11) is -2.09. The SMILES string of the molecule is COc1cc(/C=C/C(=O)N2C[C@H](C)N(Cc3ccc(F)cc3)CC2C)c(NS(C)(=O)=O)cc1Cl. The molecule has 0 aliphatic carbocycles. The Morgan fingerprint density at radius 2 is 1.88 bits per heavy atom. The standard InChI is InChI=1S/C24H29ClFN3O4S/c1-16-14-29(17(2)13-28(16)15-18-5-8-20(26)9-6-18)24(30)10-7-19-11-23(33-3)21(25)12-22(19)27-34(4,31)32/h5-12,16-17,27H,13-15H2,1-4H3/b10-7+/t16-,17?/m0/s1. The van der Waals surface area contributed by atoms with Crippen LogP contribution in [0.1, 0.15) is 25.0 Å². The molecule has 0 bridgehead atoms. The third kappa shape index (κ3) is 6.71. The number of methoxy groups -OCH3 is 1. The lowest BCUT2D eigenvalue weighted by molar-refractivity contribution is -0.131. The smallest absolute Gasteiger partial charge is 0.246 e. The number of carbonyl (C=O) groups excluding carboxylic acids is 1. The lowest BCUT2D eigenvalue weighted by Gasteiger charge is -2.44. The van der Waals surface area contributed by atoms with Crippen LogP contribution in [0.25, 0.3) is 6.08 Å². The minimum Gasteiger partial charge on any atom is -0.495 e. The van der Waals surface area contributed by atoms with Gasteiger partial charge >= 0.3 is 0 Å². The van der Waals surface area contributed by atoms with E-state index in [0.717, 1.165) is 11.8 Å². The van der Waals surface area contributed by atoms with Gasteiger partial charge in [-0.05, 0) is 49.8 Å². The molecule has 0 spiro atoms. The van der Waals surface area contributed by atoms with Gasteiger partial charge in [-0.25, -0.2) is 12.8 Å². The molecule has 1 saturated heterocycles. The largest absolute Gasteiger partial charge is 0.495 e. The topological polar surface area (TPSA) is 79.0 Å². The summed E-state index contributed by atoms with van der Waals surface area (Å²) >= 11 is 6.15. The summed E-state index contributed by atoms with van der Waals surface area (Å²) in [5.74, 6) is -0.0789. The molecule has 1 aliphatic heterocycles. The number of carbonyl (C=O) groups is 1. The van der Waals surface area contributed by atoms with E-state index in [1.54, 1.807) is 29.2 Å². The van der Waals surface area contributed by atoms with Crippen molar-refractivity contribution in [3.8, 4) is 5.75 Å². The molecule has 3 rings (SSSR count). The van der Waals surface area contributed by atoms with Crippen LogP contribution < -0.4 is 9.46 Å². The number of rotatable bonds is 7. The third-order valence-corrected chi connectivity index (χ3v) is 6.61. The van der Waals surface area contributed by atoms with Gasteiger partial charge in [-0.2, -0.15) is 0 Å². The first-order chi connectivity index (χ1) is 16.0. The van der Waals surface area contributed by atoms with Crippen molar-refractivity contribution in [2.75, 3.05) is 31.2 Å². The Morgan fingerprint density at radius 3 is 2.50 bits per heavy atom. The first-order valence-corrected chi connectivity index (χ1v) is 13.1. The Balaban J connectivity index is 1.74. The van der Waals surface area contributed by atoms with Crippen LogP contribution in [0.2, 0.25) is 5.02 Å². The van der Waals surface area contributed by atoms with Gasteiger partial charge in [0.2, 0.25) is 15.9 Å². The van der Waals surface area contributed by atoms with E-state index in [-0.39, 0.29) is 34.5 Å². The van der Waals surface area contributed by atoms with Crippen LogP contribution in [0.5, 0.6) is 5.75 Å². The lowest BCUT2D eigenvalue weighted by Crippen LogP contribution is -2.57. The molecule has 1 N–H and O–H groups in total. The van der Waals surface area contributed by atoms with E-state index in [0.29, 0.717) is 30.9 Å². The summed E-state index contributed by atoms with van der Waals surface area (Å²) in [6, 6.07) is 9.54. The average Bonchev–Trinajstić information content (AvgIpc) is 2.75. The van der Waals surface area contributed by atoms with E-state index in [1.165, 1.54) is 31.4 Å². The number of piperazine rings is 1. The van der Waals surface area contributed by atoms with Crippen molar-refractivity contribution < 1.29 is 22.3 Å². The molecule has 34 heavy (non-hydrogen) atoms. The molecule has 0 radical (unpaired) electrons. The maximum atomic E-state index is 13.2. The van der Waals surface area contributed by atoms with Crippen molar-refractivity contribution in [2.45, 2.75) is 32.5 Å². The average molecular weight is 510 g/mol. The van der Waals surface area contributed by atoms with E-state index >= 15 is 0 Å². The zero-order valence-corrected chi connectivity index (χ0v) is 21.2. The summed E-state index contributed by atoms with van der Waals surface area (Å²) in [5, 5.41) is 0.247. The van der Waals surface area contributed by atoms with Crippen molar-refractivity contribution in [2.24, 2.45) is 0 Å². The van der Waals surface area contributed by atoms with Crippen molar-refractivity contribution in [3.05, 3.63) is 64.4 Å². The highest BCUT2D eigenvalue weighted by Crippen LogP contribution is 2.32. The Hall–Kier alpha value is -2.62. The normalized spacial score (nSPS) is 19.4. The van der Waals surface area contributed by atoms with E-state index < -0.39 is 10.0 Å². The van der Waals surface area contributed by atoms with Crippen LogP contribution in [0.15, 0.2) is 42.5 Å².